The molecule has 0 bridgehead atoms. The molecule has 1 N–H and O–H groups in total. The van der Waals surface area contributed by atoms with E-state index < -0.39 is 0 Å². The number of nitrogens with one attached hydrogen (secondary N) is 1. The van der Waals surface area contributed by atoms with Crippen LogP contribution in [-0.4, -0.2) is 29.2 Å². The summed E-state index contributed by atoms with van der Waals surface area (Å²) in [7, 11) is 0. The van der Waals surface area contributed by atoms with Gasteiger partial charge in [-0.15, -0.1) is 0 Å². The van der Waals surface area contributed by atoms with E-state index in [1.807, 2.05) is 0 Å². The van der Waals surface area contributed by atoms with Gasteiger partial charge in [-0.2, -0.15) is 0 Å². The van der Waals surface area contributed by atoms with E-state index in [0.717, 1.165) is 31.0 Å². The smallest absolute Gasteiger partial charge is 0.138 e. The number of nitrogens with zero attached hydrogens (tertiary/aromatic N) is 2. The summed E-state index contributed by atoms with van der Waals surface area (Å²) in [5.41, 5.74) is 0.998. The van der Waals surface area contributed by atoms with E-state index in [1.165, 1.54) is 6.33 Å². The summed E-state index contributed by atoms with van der Waals surface area (Å²) in [4.78, 5) is 8.40. The number of anilines is 1. The Morgan fingerprint density at radius 3 is 2.89 bits per heavy atom. The summed E-state index contributed by atoms with van der Waals surface area (Å²) in [6.07, 6.45) is 2.51. The highest BCUT2D eigenvalue weighted by Gasteiger charge is 2.24. The first-order valence-corrected chi connectivity index (χ1v) is 6.82. The van der Waals surface area contributed by atoms with Crippen molar-refractivity contribution in [1.29, 1.82) is 0 Å². The average Bonchev–Trinajstić information content (AvgIpc) is 2.31. The Bertz CT molecular complexity index is 411. The second-order valence-electron chi connectivity index (χ2n) is 5.17. The molecule has 2 unspecified atom stereocenters. The molecule has 0 aliphatic carbocycles. The van der Waals surface area contributed by atoms with Crippen molar-refractivity contribution < 1.29 is 4.74 Å². The summed E-state index contributed by atoms with van der Waals surface area (Å²) in [5.74, 6) is 1.65. The molecular weight excluding hydrogens is 250 g/mol. The first kappa shape index (κ1) is 13.6. The molecule has 1 aromatic heterocycles. The minimum atomic E-state index is 0.302. The van der Waals surface area contributed by atoms with E-state index in [2.05, 4.69) is 36.1 Å². The van der Waals surface area contributed by atoms with E-state index in [-0.39, 0.29) is 0 Å². The number of aromatic nitrogens is 2. The van der Waals surface area contributed by atoms with Gasteiger partial charge in [-0.1, -0.05) is 32.4 Å². The molecule has 1 saturated heterocycles. The van der Waals surface area contributed by atoms with Crippen molar-refractivity contribution in [3.63, 3.8) is 0 Å². The fraction of sp³-hybridized carbons (Fsp3) is 0.692. The van der Waals surface area contributed by atoms with Crippen LogP contribution in [0.1, 0.15) is 38.7 Å². The molecule has 0 aromatic carbocycles. The van der Waals surface area contributed by atoms with Crippen LogP contribution < -0.4 is 5.32 Å². The maximum atomic E-state index is 6.16. The zero-order valence-corrected chi connectivity index (χ0v) is 11.9. The van der Waals surface area contributed by atoms with Crippen molar-refractivity contribution in [3.05, 3.63) is 17.0 Å². The molecule has 4 nitrogen and oxygen atoms in total. The van der Waals surface area contributed by atoms with Crippen LogP contribution in [0.4, 0.5) is 5.82 Å². The average molecular weight is 270 g/mol. The lowest BCUT2D eigenvalue weighted by Gasteiger charge is -2.31. The molecule has 0 radical (unpaired) electrons. The Hall–Kier alpha value is -0.870. The molecule has 2 rings (SSSR count). The largest absolute Gasteiger partial charge is 0.381 e. The minimum absolute atomic E-state index is 0.302. The fourth-order valence-electron chi connectivity index (χ4n) is 2.27. The van der Waals surface area contributed by atoms with Gasteiger partial charge in [0.05, 0.1) is 6.61 Å². The second-order valence-corrected chi connectivity index (χ2v) is 5.53. The molecule has 5 heteroatoms. The van der Waals surface area contributed by atoms with Gasteiger partial charge in [-0.25, -0.2) is 9.97 Å². The van der Waals surface area contributed by atoms with Crippen LogP contribution in [0.5, 0.6) is 0 Å². The molecule has 0 spiro atoms. The zero-order chi connectivity index (χ0) is 13.1. The van der Waals surface area contributed by atoms with Gasteiger partial charge in [0.2, 0.25) is 0 Å². The maximum Gasteiger partial charge on any atom is 0.138 e. The van der Waals surface area contributed by atoms with Crippen LogP contribution in [0.15, 0.2) is 6.33 Å². The third-order valence-electron chi connectivity index (χ3n) is 3.38. The quantitative estimate of drug-likeness (QED) is 0.857. The lowest BCUT2D eigenvalue weighted by molar-refractivity contribution is 0.0536. The van der Waals surface area contributed by atoms with Crippen molar-refractivity contribution in [1.82, 2.24) is 9.97 Å². The monoisotopic (exact) mass is 269 g/mol. The van der Waals surface area contributed by atoms with Crippen molar-refractivity contribution >= 4 is 17.4 Å². The zero-order valence-electron chi connectivity index (χ0n) is 11.1. The van der Waals surface area contributed by atoms with Crippen LogP contribution in [0.2, 0.25) is 5.15 Å². The molecule has 1 aliphatic heterocycles. The topological polar surface area (TPSA) is 47.0 Å². The Morgan fingerprint density at radius 2 is 2.22 bits per heavy atom. The number of rotatable bonds is 3. The normalized spacial score (nSPS) is 24.3. The summed E-state index contributed by atoms with van der Waals surface area (Å²) in [5, 5.41) is 4.05. The van der Waals surface area contributed by atoms with E-state index in [9.17, 15) is 0 Å². The van der Waals surface area contributed by atoms with Gasteiger partial charge in [0.25, 0.3) is 0 Å². The lowest BCUT2D eigenvalue weighted by atomic mass is 9.97. The predicted octanol–water partition coefficient (Wildman–Crippen LogP) is 3.09. The predicted molar refractivity (Wildman–Crippen MR) is 73.1 cm³/mol. The Balaban J connectivity index is 2.20. The summed E-state index contributed by atoms with van der Waals surface area (Å²) in [6.45, 7) is 7.99. The standard InChI is InChI=1S/C13H20ClN3O/c1-8(2)11-12(14)15-7-16-13(11)17-10-4-5-18-6-9(10)3/h7-10H,4-6H2,1-3H3,(H,15,16,17). The molecular formula is C13H20ClN3O. The molecule has 2 heterocycles. The number of hydrogen-bond acceptors (Lipinski definition) is 4. The first-order chi connectivity index (χ1) is 8.59. The molecule has 18 heavy (non-hydrogen) atoms. The summed E-state index contributed by atoms with van der Waals surface area (Å²) < 4.78 is 5.45. The molecule has 1 aliphatic rings. The van der Waals surface area contributed by atoms with Crippen LogP contribution in [0, 0.1) is 5.92 Å². The van der Waals surface area contributed by atoms with Gasteiger partial charge in [0.1, 0.15) is 17.3 Å². The fourth-order valence-corrected chi connectivity index (χ4v) is 2.62. The molecule has 1 fully saturated rings. The van der Waals surface area contributed by atoms with Gasteiger partial charge in [-0.05, 0) is 18.3 Å². The minimum Gasteiger partial charge on any atom is -0.381 e. The van der Waals surface area contributed by atoms with Gasteiger partial charge in [0.15, 0.2) is 0 Å². The molecule has 1 aromatic rings. The number of hydrogen-bond donors (Lipinski definition) is 1. The Kier molecular flexibility index (Phi) is 4.40. The third-order valence-corrected chi connectivity index (χ3v) is 3.68. The first-order valence-electron chi connectivity index (χ1n) is 6.44. The van der Waals surface area contributed by atoms with Crippen LogP contribution in [0.3, 0.4) is 0 Å². The van der Waals surface area contributed by atoms with Crippen molar-refractivity contribution in [2.75, 3.05) is 18.5 Å². The van der Waals surface area contributed by atoms with Gasteiger partial charge in [-0.3, -0.25) is 0 Å². The number of ether oxygens (including phenoxy) is 1. The molecule has 0 saturated carbocycles. The van der Waals surface area contributed by atoms with Crippen LogP contribution >= 0.6 is 11.6 Å². The number of halogens is 1. The van der Waals surface area contributed by atoms with Crippen LogP contribution in [-0.2, 0) is 4.74 Å². The van der Waals surface area contributed by atoms with Crippen molar-refractivity contribution in [3.8, 4) is 0 Å². The second kappa shape index (κ2) is 5.85. The maximum absolute atomic E-state index is 6.16. The third kappa shape index (κ3) is 2.93. The van der Waals surface area contributed by atoms with Crippen molar-refractivity contribution in [2.24, 2.45) is 5.92 Å². The summed E-state index contributed by atoms with van der Waals surface area (Å²) >= 11 is 6.16. The molecule has 2 atom stereocenters. The van der Waals surface area contributed by atoms with Gasteiger partial charge >= 0.3 is 0 Å². The molecule has 0 amide bonds. The van der Waals surface area contributed by atoms with Gasteiger partial charge < -0.3 is 10.1 Å². The Labute approximate surface area is 113 Å². The lowest BCUT2D eigenvalue weighted by Crippen LogP contribution is -2.36. The highest BCUT2D eigenvalue weighted by Crippen LogP contribution is 2.29. The van der Waals surface area contributed by atoms with E-state index in [1.54, 1.807) is 0 Å². The van der Waals surface area contributed by atoms with E-state index in [0.29, 0.717) is 23.0 Å². The van der Waals surface area contributed by atoms with Crippen molar-refractivity contribution in [2.45, 2.75) is 39.2 Å². The van der Waals surface area contributed by atoms with Crippen LogP contribution in [0.25, 0.3) is 0 Å². The molecule has 100 valence electrons. The summed E-state index contributed by atoms with van der Waals surface area (Å²) in [6, 6.07) is 0.391. The van der Waals surface area contributed by atoms with E-state index >= 15 is 0 Å². The highest BCUT2D eigenvalue weighted by atomic mass is 35.5. The Morgan fingerprint density at radius 1 is 1.44 bits per heavy atom. The van der Waals surface area contributed by atoms with Gasteiger partial charge in [0, 0.05) is 18.2 Å². The highest BCUT2D eigenvalue weighted by molar-refractivity contribution is 6.30. The van der Waals surface area contributed by atoms with E-state index in [4.69, 9.17) is 16.3 Å². The SMILES string of the molecule is CC(C)c1c(Cl)ncnc1NC1CCOCC1C.